The van der Waals surface area contributed by atoms with Crippen LogP contribution in [0.5, 0.6) is 0 Å². The highest BCUT2D eigenvalue weighted by Crippen LogP contribution is 2.47. The van der Waals surface area contributed by atoms with Gasteiger partial charge >= 0.3 is 6.03 Å². The highest BCUT2D eigenvalue weighted by atomic mass is 35.5. The molecule has 0 aliphatic carbocycles. The molecule has 3 amide bonds. The molecule has 2 atom stereocenters. The standard InChI is InChI=1S/C29H23Cl2N5O2/c1-34-28(38)36(23-11-21(30)10-22(31)12-23)27(37)29(34)17-35(15-20-14-33-26-5-3-2-4-24(20)26)16-25(29)19-8-6-18(13-32)7-9-19/h2-12,14,25,33H,15-17H2,1H3/t25-,29+/m0/s1. The number of urea groups is 1. The Morgan fingerprint density at radius 3 is 2.47 bits per heavy atom. The van der Waals surface area contributed by atoms with E-state index in [2.05, 4.69) is 22.0 Å². The molecule has 2 aliphatic rings. The van der Waals surface area contributed by atoms with E-state index >= 15 is 0 Å². The van der Waals surface area contributed by atoms with E-state index < -0.39 is 11.6 Å². The number of hydrogen-bond donors (Lipinski definition) is 1. The monoisotopic (exact) mass is 543 g/mol. The second-order valence-electron chi connectivity index (χ2n) is 9.85. The van der Waals surface area contributed by atoms with Gasteiger partial charge in [-0.15, -0.1) is 0 Å². The molecule has 0 radical (unpaired) electrons. The lowest BCUT2D eigenvalue weighted by molar-refractivity contribution is -0.124. The SMILES string of the molecule is CN1C(=O)N(c2cc(Cl)cc(Cl)c2)C(=O)[C@]12CN(Cc1c[nH]c3ccccc13)C[C@H]2c1ccc(C#N)cc1. The van der Waals surface area contributed by atoms with Gasteiger partial charge in [0.1, 0.15) is 5.54 Å². The van der Waals surface area contributed by atoms with E-state index in [0.29, 0.717) is 40.9 Å². The first-order valence-corrected chi connectivity index (χ1v) is 12.9. The van der Waals surface area contributed by atoms with Gasteiger partial charge < -0.3 is 9.88 Å². The van der Waals surface area contributed by atoms with Gasteiger partial charge in [0.25, 0.3) is 5.91 Å². The predicted octanol–water partition coefficient (Wildman–Crippen LogP) is 5.78. The third-order valence-corrected chi connectivity index (χ3v) is 8.19. The molecule has 4 aromatic rings. The molecule has 1 spiro atoms. The molecule has 38 heavy (non-hydrogen) atoms. The van der Waals surface area contributed by atoms with Crippen LogP contribution in [0.3, 0.4) is 0 Å². The van der Waals surface area contributed by atoms with Gasteiger partial charge in [0.05, 0.1) is 17.3 Å². The first kappa shape index (κ1) is 24.5. The molecule has 1 aromatic heterocycles. The van der Waals surface area contributed by atoms with Crippen molar-refractivity contribution in [2.24, 2.45) is 0 Å². The van der Waals surface area contributed by atoms with Crippen LogP contribution in [0.1, 0.15) is 22.6 Å². The van der Waals surface area contributed by atoms with Gasteiger partial charge in [0, 0.05) is 59.7 Å². The Kier molecular flexibility index (Phi) is 5.92. The van der Waals surface area contributed by atoms with Crippen molar-refractivity contribution in [3.05, 3.63) is 99.7 Å². The summed E-state index contributed by atoms with van der Waals surface area (Å²) in [5.41, 5.74) is 2.79. The van der Waals surface area contributed by atoms with Crippen LogP contribution in [0.4, 0.5) is 10.5 Å². The van der Waals surface area contributed by atoms with E-state index in [9.17, 15) is 14.9 Å². The number of nitrogens with zero attached hydrogens (tertiary/aromatic N) is 4. The molecule has 2 saturated heterocycles. The summed E-state index contributed by atoms with van der Waals surface area (Å²) in [6, 6.07) is 21.8. The van der Waals surface area contributed by atoms with E-state index in [1.54, 1.807) is 42.3 Å². The molecule has 3 heterocycles. The number of anilines is 1. The summed E-state index contributed by atoms with van der Waals surface area (Å²) >= 11 is 12.5. The van der Waals surface area contributed by atoms with Crippen LogP contribution >= 0.6 is 23.2 Å². The third-order valence-electron chi connectivity index (χ3n) is 7.75. The van der Waals surface area contributed by atoms with E-state index in [1.165, 1.54) is 4.90 Å². The number of hydrogen-bond acceptors (Lipinski definition) is 4. The van der Waals surface area contributed by atoms with E-state index in [0.717, 1.165) is 22.0 Å². The molecule has 0 saturated carbocycles. The lowest BCUT2D eigenvalue weighted by Gasteiger charge is -2.34. The Bertz CT molecular complexity index is 1610. The number of carbonyl (C=O) groups excluding carboxylic acids is 2. The van der Waals surface area contributed by atoms with Crippen LogP contribution in [0.2, 0.25) is 10.0 Å². The maximum atomic E-state index is 14.3. The minimum atomic E-state index is -1.15. The first-order valence-electron chi connectivity index (χ1n) is 12.2. The molecular formula is C29H23Cl2N5O2. The fourth-order valence-corrected chi connectivity index (χ4v) is 6.43. The van der Waals surface area contributed by atoms with Crippen LogP contribution in [0, 0.1) is 11.3 Å². The molecule has 2 aliphatic heterocycles. The number of benzene rings is 3. The number of imide groups is 1. The number of nitriles is 1. The summed E-state index contributed by atoms with van der Waals surface area (Å²) in [6.07, 6.45) is 2.00. The fourth-order valence-electron chi connectivity index (χ4n) is 5.92. The number of amides is 3. The van der Waals surface area contributed by atoms with Crippen LogP contribution < -0.4 is 4.90 Å². The number of H-pyrrole nitrogens is 1. The maximum absolute atomic E-state index is 14.3. The molecule has 3 aromatic carbocycles. The average Bonchev–Trinajstić information content (AvgIpc) is 3.55. The number of nitrogens with one attached hydrogen (secondary N) is 1. The Labute approximate surface area is 229 Å². The Morgan fingerprint density at radius 2 is 1.76 bits per heavy atom. The van der Waals surface area contributed by atoms with E-state index in [-0.39, 0.29) is 11.8 Å². The van der Waals surface area contributed by atoms with Crippen molar-refractivity contribution < 1.29 is 9.59 Å². The lowest BCUT2D eigenvalue weighted by Crippen LogP contribution is -2.53. The molecule has 1 N–H and O–H groups in total. The van der Waals surface area contributed by atoms with Crippen molar-refractivity contribution >= 4 is 51.7 Å². The summed E-state index contributed by atoms with van der Waals surface area (Å²) in [5.74, 6) is -0.638. The minimum absolute atomic E-state index is 0.318. The number of fused-ring (bicyclic) bond motifs is 1. The Hall–Kier alpha value is -3.83. The van der Waals surface area contributed by atoms with Crippen molar-refractivity contribution in [2.45, 2.75) is 18.0 Å². The van der Waals surface area contributed by atoms with Crippen molar-refractivity contribution in [1.29, 1.82) is 5.26 Å². The first-order chi connectivity index (χ1) is 18.3. The quantitative estimate of drug-likeness (QED) is 0.330. The number of aromatic nitrogens is 1. The zero-order chi connectivity index (χ0) is 26.6. The highest BCUT2D eigenvalue weighted by Gasteiger charge is 2.64. The van der Waals surface area contributed by atoms with Gasteiger partial charge in [0.15, 0.2) is 0 Å². The molecule has 7 nitrogen and oxygen atoms in total. The van der Waals surface area contributed by atoms with E-state index in [4.69, 9.17) is 23.2 Å². The summed E-state index contributed by atoms with van der Waals surface area (Å²) in [5, 5.41) is 11.1. The summed E-state index contributed by atoms with van der Waals surface area (Å²) in [4.78, 5) is 36.3. The number of likely N-dealkylation sites (N-methyl/N-ethyl adjacent to an activating group) is 1. The zero-order valence-electron chi connectivity index (χ0n) is 20.5. The van der Waals surface area contributed by atoms with E-state index in [1.807, 2.05) is 36.5 Å². The maximum Gasteiger partial charge on any atom is 0.332 e. The number of carbonyl (C=O) groups is 2. The second kappa shape index (κ2) is 9.17. The fraction of sp³-hybridized carbons (Fsp3) is 0.207. The topological polar surface area (TPSA) is 83.4 Å². The van der Waals surface area contributed by atoms with Gasteiger partial charge in [-0.2, -0.15) is 5.26 Å². The zero-order valence-corrected chi connectivity index (χ0v) is 22.0. The normalized spacial score (nSPS) is 21.7. The van der Waals surface area contributed by atoms with Gasteiger partial charge in [-0.05, 0) is 47.5 Å². The van der Waals surface area contributed by atoms with Crippen LogP contribution in [-0.2, 0) is 11.3 Å². The number of likely N-dealkylation sites (tertiary alicyclic amines) is 1. The predicted molar refractivity (Wildman–Crippen MR) is 147 cm³/mol. The molecule has 9 heteroatoms. The largest absolute Gasteiger partial charge is 0.361 e. The smallest absolute Gasteiger partial charge is 0.332 e. The third kappa shape index (κ3) is 3.76. The number of para-hydroxylation sites is 1. The lowest BCUT2D eigenvalue weighted by atomic mass is 9.80. The summed E-state index contributed by atoms with van der Waals surface area (Å²) in [7, 11) is 1.68. The van der Waals surface area contributed by atoms with Crippen LogP contribution in [0.25, 0.3) is 10.9 Å². The summed E-state index contributed by atoms with van der Waals surface area (Å²) in [6.45, 7) is 1.51. The van der Waals surface area contributed by atoms with Crippen molar-refractivity contribution in [3.63, 3.8) is 0 Å². The van der Waals surface area contributed by atoms with Crippen molar-refractivity contribution in [3.8, 4) is 6.07 Å². The van der Waals surface area contributed by atoms with Gasteiger partial charge in [-0.3, -0.25) is 9.69 Å². The highest BCUT2D eigenvalue weighted by molar-refractivity contribution is 6.35. The number of halogens is 2. The van der Waals surface area contributed by atoms with Crippen LogP contribution in [-0.4, -0.2) is 52.4 Å². The van der Waals surface area contributed by atoms with Crippen molar-refractivity contribution in [2.75, 3.05) is 25.0 Å². The average molecular weight is 544 g/mol. The van der Waals surface area contributed by atoms with Crippen molar-refractivity contribution in [1.82, 2.24) is 14.8 Å². The Balaban J connectivity index is 1.43. The summed E-state index contributed by atoms with van der Waals surface area (Å²) < 4.78 is 0. The molecule has 6 rings (SSSR count). The molecule has 0 unspecified atom stereocenters. The Morgan fingerprint density at radius 1 is 1.05 bits per heavy atom. The number of aromatic amines is 1. The molecule has 190 valence electrons. The van der Waals surface area contributed by atoms with Gasteiger partial charge in [-0.25, -0.2) is 9.69 Å². The second-order valence-corrected chi connectivity index (χ2v) is 10.7. The van der Waals surface area contributed by atoms with Gasteiger partial charge in [-0.1, -0.05) is 53.5 Å². The van der Waals surface area contributed by atoms with Crippen LogP contribution in [0.15, 0.2) is 72.9 Å². The minimum Gasteiger partial charge on any atom is -0.361 e. The molecular weight excluding hydrogens is 521 g/mol. The van der Waals surface area contributed by atoms with Gasteiger partial charge in [0.2, 0.25) is 0 Å². The molecule has 0 bridgehead atoms. The number of rotatable bonds is 4. The molecule has 2 fully saturated rings.